The van der Waals surface area contributed by atoms with Gasteiger partial charge in [0.15, 0.2) is 0 Å². The molecule has 154 valence electrons. The molecule has 6 nitrogen and oxygen atoms in total. The van der Waals surface area contributed by atoms with Crippen LogP contribution in [-0.2, 0) is 4.79 Å². The quantitative estimate of drug-likeness (QED) is 0.504. The second kappa shape index (κ2) is 10.6. The van der Waals surface area contributed by atoms with E-state index in [9.17, 15) is 14.0 Å². The second-order valence-corrected chi connectivity index (χ2v) is 6.96. The minimum atomic E-state index is -0.898. The number of ether oxygens (including phenoxy) is 1. The lowest BCUT2D eigenvalue weighted by molar-refractivity contribution is -0.123. The van der Waals surface area contributed by atoms with Gasteiger partial charge >= 0.3 is 0 Å². The lowest BCUT2D eigenvalue weighted by atomic mass is 10.0. The number of benzene rings is 2. The van der Waals surface area contributed by atoms with E-state index in [1.54, 1.807) is 38.1 Å². The number of nitrogens with zero attached hydrogens (tertiary/aromatic N) is 1. The second-order valence-electron chi connectivity index (χ2n) is 6.52. The first-order valence-electron chi connectivity index (χ1n) is 9.14. The van der Waals surface area contributed by atoms with E-state index in [0.717, 1.165) is 0 Å². The van der Waals surface area contributed by atoms with Gasteiger partial charge in [0.2, 0.25) is 0 Å². The Hall–Kier alpha value is -2.93. The number of carbonyl (C=O) groups is 2. The molecule has 0 aromatic heterocycles. The van der Waals surface area contributed by atoms with Crippen molar-refractivity contribution in [3.8, 4) is 5.75 Å². The van der Waals surface area contributed by atoms with E-state index in [0.29, 0.717) is 22.9 Å². The standard InChI is InChI=1S/C21H23ClFN3O3/c1-4-29-18-10-9-15(22)11-14(18)12-24-26-21(28)19(13(2)3)25-20(27)16-7-5-6-8-17(16)23/h5-13,19H,4H2,1-3H3,(H,25,27)(H,26,28). The summed E-state index contributed by atoms with van der Waals surface area (Å²) >= 11 is 6.00. The van der Waals surface area contributed by atoms with Crippen molar-refractivity contribution in [1.29, 1.82) is 0 Å². The van der Waals surface area contributed by atoms with Gasteiger partial charge in [-0.2, -0.15) is 5.10 Å². The molecule has 0 radical (unpaired) electrons. The maximum Gasteiger partial charge on any atom is 0.262 e. The predicted octanol–water partition coefficient (Wildman–Crippen LogP) is 3.78. The third-order valence-electron chi connectivity index (χ3n) is 4.00. The fourth-order valence-corrected chi connectivity index (χ4v) is 2.72. The number of rotatable bonds is 8. The fraction of sp³-hybridized carbons (Fsp3) is 0.286. The molecule has 0 saturated heterocycles. The van der Waals surface area contributed by atoms with Crippen molar-refractivity contribution in [2.24, 2.45) is 11.0 Å². The topological polar surface area (TPSA) is 79.8 Å². The lowest BCUT2D eigenvalue weighted by Gasteiger charge is -2.20. The summed E-state index contributed by atoms with van der Waals surface area (Å²) in [5.41, 5.74) is 2.86. The van der Waals surface area contributed by atoms with Gasteiger partial charge in [-0.25, -0.2) is 9.82 Å². The maximum absolute atomic E-state index is 13.8. The first-order chi connectivity index (χ1) is 13.8. The highest BCUT2D eigenvalue weighted by Crippen LogP contribution is 2.21. The largest absolute Gasteiger partial charge is 0.493 e. The van der Waals surface area contributed by atoms with Crippen LogP contribution >= 0.6 is 11.6 Å². The molecule has 0 aliphatic rings. The van der Waals surface area contributed by atoms with E-state index in [1.165, 1.54) is 24.4 Å². The van der Waals surface area contributed by atoms with Crippen LogP contribution in [0.4, 0.5) is 4.39 Å². The van der Waals surface area contributed by atoms with E-state index in [4.69, 9.17) is 16.3 Å². The van der Waals surface area contributed by atoms with E-state index >= 15 is 0 Å². The highest BCUT2D eigenvalue weighted by Gasteiger charge is 2.25. The Balaban J connectivity index is 2.09. The first-order valence-corrected chi connectivity index (χ1v) is 9.52. The molecule has 8 heteroatoms. The Labute approximate surface area is 174 Å². The molecule has 0 saturated carbocycles. The molecular weight excluding hydrogens is 397 g/mol. The fourth-order valence-electron chi connectivity index (χ4n) is 2.54. The molecule has 1 unspecified atom stereocenters. The highest BCUT2D eigenvalue weighted by molar-refractivity contribution is 6.30. The Morgan fingerprint density at radius 3 is 2.62 bits per heavy atom. The Kier molecular flexibility index (Phi) is 8.15. The van der Waals surface area contributed by atoms with Gasteiger partial charge in [0, 0.05) is 10.6 Å². The molecule has 2 amide bonds. The Bertz CT molecular complexity index is 902. The number of halogens is 2. The maximum atomic E-state index is 13.8. The molecule has 2 rings (SSSR count). The van der Waals surface area contributed by atoms with Crippen LogP contribution in [0.25, 0.3) is 0 Å². The summed E-state index contributed by atoms with van der Waals surface area (Å²) in [6.07, 6.45) is 1.41. The van der Waals surface area contributed by atoms with Gasteiger partial charge in [0.1, 0.15) is 17.6 Å². The third-order valence-corrected chi connectivity index (χ3v) is 4.24. The monoisotopic (exact) mass is 419 g/mol. The van der Waals surface area contributed by atoms with Crippen LogP contribution in [0.3, 0.4) is 0 Å². The van der Waals surface area contributed by atoms with Crippen LogP contribution in [0.1, 0.15) is 36.7 Å². The zero-order valence-electron chi connectivity index (χ0n) is 16.4. The molecule has 0 aliphatic carbocycles. The van der Waals surface area contributed by atoms with Gasteiger partial charge in [0.25, 0.3) is 11.8 Å². The number of hydrogen-bond acceptors (Lipinski definition) is 4. The number of carbonyl (C=O) groups excluding carboxylic acids is 2. The van der Waals surface area contributed by atoms with E-state index in [-0.39, 0.29) is 11.5 Å². The van der Waals surface area contributed by atoms with E-state index in [1.807, 2.05) is 6.92 Å². The first kappa shape index (κ1) is 22.4. The van der Waals surface area contributed by atoms with Crippen molar-refractivity contribution in [3.05, 3.63) is 64.4 Å². The van der Waals surface area contributed by atoms with Crippen LogP contribution in [0.5, 0.6) is 5.75 Å². The highest BCUT2D eigenvalue weighted by atomic mass is 35.5. The van der Waals surface area contributed by atoms with Crippen molar-refractivity contribution in [1.82, 2.24) is 10.7 Å². The zero-order chi connectivity index (χ0) is 21.4. The SMILES string of the molecule is CCOc1ccc(Cl)cc1C=NNC(=O)C(NC(=O)c1ccccc1F)C(C)C. The number of hydrazone groups is 1. The van der Waals surface area contributed by atoms with Gasteiger partial charge in [-0.15, -0.1) is 0 Å². The molecule has 0 fully saturated rings. The van der Waals surface area contributed by atoms with E-state index in [2.05, 4.69) is 15.8 Å². The number of hydrogen-bond donors (Lipinski definition) is 2. The van der Waals surface area contributed by atoms with Gasteiger partial charge in [-0.1, -0.05) is 37.6 Å². The molecule has 0 aliphatic heterocycles. The Morgan fingerprint density at radius 2 is 1.97 bits per heavy atom. The molecule has 0 heterocycles. The van der Waals surface area contributed by atoms with E-state index < -0.39 is 23.7 Å². The summed E-state index contributed by atoms with van der Waals surface area (Å²) in [6, 6.07) is 9.73. The Morgan fingerprint density at radius 1 is 1.24 bits per heavy atom. The van der Waals surface area contributed by atoms with Gasteiger partial charge in [-0.3, -0.25) is 9.59 Å². The predicted molar refractivity (Wildman–Crippen MR) is 111 cm³/mol. The average molecular weight is 420 g/mol. The van der Waals surface area contributed by atoms with Gasteiger partial charge < -0.3 is 10.1 Å². The summed E-state index contributed by atoms with van der Waals surface area (Å²) in [4.78, 5) is 24.8. The molecule has 0 spiro atoms. The van der Waals surface area contributed by atoms with Gasteiger partial charge in [0.05, 0.1) is 18.4 Å². The van der Waals surface area contributed by atoms with Crippen molar-refractivity contribution < 1.29 is 18.7 Å². The molecule has 2 aromatic carbocycles. The molecule has 2 aromatic rings. The van der Waals surface area contributed by atoms with Crippen LogP contribution < -0.4 is 15.5 Å². The summed E-state index contributed by atoms with van der Waals surface area (Å²) in [5.74, 6) is -1.53. The van der Waals surface area contributed by atoms with Crippen LogP contribution in [0.15, 0.2) is 47.6 Å². The smallest absolute Gasteiger partial charge is 0.262 e. The van der Waals surface area contributed by atoms with Crippen LogP contribution in [0, 0.1) is 11.7 Å². The minimum Gasteiger partial charge on any atom is -0.493 e. The van der Waals surface area contributed by atoms with Crippen LogP contribution in [0.2, 0.25) is 5.02 Å². The van der Waals surface area contributed by atoms with Crippen molar-refractivity contribution in [2.75, 3.05) is 6.61 Å². The summed E-state index contributed by atoms with van der Waals surface area (Å²) in [5, 5.41) is 6.99. The number of nitrogens with one attached hydrogen (secondary N) is 2. The molecule has 0 bridgehead atoms. The average Bonchev–Trinajstić information content (AvgIpc) is 2.68. The third kappa shape index (κ3) is 6.29. The van der Waals surface area contributed by atoms with Crippen molar-refractivity contribution >= 4 is 29.6 Å². The zero-order valence-corrected chi connectivity index (χ0v) is 17.2. The van der Waals surface area contributed by atoms with Crippen molar-refractivity contribution in [2.45, 2.75) is 26.8 Å². The summed E-state index contributed by atoms with van der Waals surface area (Å²) < 4.78 is 19.3. The lowest BCUT2D eigenvalue weighted by Crippen LogP contribution is -2.48. The number of amides is 2. The molecule has 2 N–H and O–H groups in total. The summed E-state index contributed by atoms with van der Waals surface area (Å²) in [7, 11) is 0. The normalized spacial score (nSPS) is 12.1. The van der Waals surface area contributed by atoms with Crippen molar-refractivity contribution in [3.63, 3.8) is 0 Å². The molecule has 29 heavy (non-hydrogen) atoms. The van der Waals surface area contributed by atoms with Gasteiger partial charge in [-0.05, 0) is 43.2 Å². The molecular formula is C21H23ClFN3O3. The van der Waals surface area contributed by atoms with Crippen LogP contribution in [-0.4, -0.2) is 30.7 Å². The summed E-state index contributed by atoms with van der Waals surface area (Å²) in [6.45, 7) is 5.84. The minimum absolute atomic E-state index is 0.130. The molecule has 1 atom stereocenters.